The predicted molar refractivity (Wildman–Crippen MR) is 45.3 cm³/mol. The first-order valence-corrected chi connectivity index (χ1v) is 4.76. The average Bonchev–Trinajstić information content (AvgIpc) is 2.17. The van der Waals surface area contributed by atoms with E-state index in [0.717, 1.165) is 0 Å². The maximum atomic E-state index is 5.58. The van der Waals surface area contributed by atoms with Crippen molar-refractivity contribution in [2.75, 3.05) is 6.00 Å². The Bertz CT molecular complexity index is 77.3. The van der Waals surface area contributed by atoms with E-state index in [1.807, 2.05) is 0 Å². The molecular formula is C8H16ClN. The van der Waals surface area contributed by atoms with Gasteiger partial charge in [-0.3, -0.25) is 0 Å². The monoisotopic (exact) mass is 161 g/mol. The molecule has 0 spiro atoms. The van der Waals surface area contributed by atoms with Crippen LogP contribution in [0.2, 0.25) is 0 Å². The number of alkyl halides is 1. The van der Waals surface area contributed by atoms with E-state index < -0.39 is 0 Å². The molecule has 0 amide bonds. The number of rotatable bonds is 2. The van der Waals surface area contributed by atoms with Crippen LogP contribution in [-0.2, 0) is 0 Å². The molecule has 0 aliphatic heterocycles. The van der Waals surface area contributed by atoms with E-state index in [1.165, 1.54) is 38.5 Å². The Morgan fingerprint density at radius 1 is 1.10 bits per heavy atom. The molecule has 0 saturated heterocycles. The molecule has 1 aliphatic rings. The highest BCUT2D eigenvalue weighted by Crippen LogP contribution is 2.16. The number of hydrogen-bond donors (Lipinski definition) is 1. The van der Waals surface area contributed by atoms with E-state index in [0.29, 0.717) is 12.0 Å². The summed E-state index contributed by atoms with van der Waals surface area (Å²) in [4.78, 5) is 0. The maximum absolute atomic E-state index is 5.58. The molecule has 60 valence electrons. The van der Waals surface area contributed by atoms with Crippen LogP contribution in [0.1, 0.15) is 38.5 Å². The van der Waals surface area contributed by atoms with Crippen molar-refractivity contribution in [2.24, 2.45) is 0 Å². The molecule has 0 aromatic carbocycles. The Balaban J connectivity index is 2.15. The molecule has 0 radical (unpaired) electrons. The van der Waals surface area contributed by atoms with Gasteiger partial charge in [-0.05, 0) is 12.8 Å². The third-order valence-corrected chi connectivity index (χ3v) is 2.38. The standard InChI is InChI=1S/C8H16ClN/c9-7-10-8-5-3-1-2-4-6-8/h8,10H,1-7H2. The molecule has 1 N–H and O–H groups in total. The lowest BCUT2D eigenvalue weighted by molar-refractivity contribution is 0.491. The second kappa shape index (κ2) is 4.97. The summed E-state index contributed by atoms with van der Waals surface area (Å²) in [5, 5.41) is 3.29. The Labute approximate surface area is 68.1 Å². The molecule has 0 aromatic heterocycles. The third-order valence-electron chi connectivity index (χ3n) is 2.22. The fourth-order valence-electron chi connectivity index (χ4n) is 1.59. The van der Waals surface area contributed by atoms with Crippen LogP contribution in [0.15, 0.2) is 0 Å². The minimum atomic E-state index is 0.616. The summed E-state index contributed by atoms with van der Waals surface area (Å²) in [5.74, 6) is 0. The van der Waals surface area contributed by atoms with E-state index >= 15 is 0 Å². The smallest absolute Gasteiger partial charge is 0.0715 e. The van der Waals surface area contributed by atoms with Gasteiger partial charge in [-0.15, -0.1) is 11.6 Å². The van der Waals surface area contributed by atoms with E-state index in [-0.39, 0.29) is 0 Å². The zero-order valence-corrected chi connectivity index (χ0v) is 7.16. The molecule has 2 heteroatoms. The molecule has 1 fully saturated rings. The molecule has 1 saturated carbocycles. The van der Waals surface area contributed by atoms with Crippen molar-refractivity contribution in [3.05, 3.63) is 0 Å². The van der Waals surface area contributed by atoms with Crippen molar-refractivity contribution in [1.82, 2.24) is 5.32 Å². The highest BCUT2D eigenvalue weighted by Gasteiger charge is 2.09. The lowest BCUT2D eigenvalue weighted by atomic mass is 10.1. The third kappa shape index (κ3) is 2.89. The summed E-state index contributed by atoms with van der Waals surface area (Å²) in [5.41, 5.74) is 0. The normalized spacial score (nSPS) is 22.5. The number of halogens is 1. The van der Waals surface area contributed by atoms with Crippen molar-refractivity contribution in [3.63, 3.8) is 0 Å². The van der Waals surface area contributed by atoms with Crippen molar-refractivity contribution in [3.8, 4) is 0 Å². The SMILES string of the molecule is ClCNC1CCCCCC1. The van der Waals surface area contributed by atoms with Crippen LogP contribution in [0.4, 0.5) is 0 Å². The van der Waals surface area contributed by atoms with E-state index in [1.54, 1.807) is 0 Å². The molecular weight excluding hydrogens is 146 g/mol. The quantitative estimate of drug-likeness (QED) is 0.373. The summed E-state index contributed by atoms with van der Waals surface area (Å²) in [7, 11) is 0. The van der Waals surface area contributed by atoms with E-state index in [2.05, 4.69) is 5.32 Å². The molecule has 0 heterocycles. The van der Waals surface area contributed by atoms with Gasteiger partial charge in [-0.1, -0.05) is 25.7 Å². The van der Waals surface area contributed by atoms with Gasteiger partial charge in [0.05, 0.1) is 6.00 Å². The first kappa shape index (κ1) is 8.35. The first-order valence-electron chi connectivity index (χ1n) is 4.23. The van der Waals surface area contributed by atoms with E-state index in [9.17, 15) is 0 Å². The minimum absolute atomic E-state index is 0.616. The Hall–Kier alpha value is 0.250. The summed E-state index contributed by atoms with van der Waals surface area (Å²) in [6, 6.07) is 1.32. The zero-order chi connectivity index (χ0) is 7.23. The second-order valence-electron chi connectivity index (χ2n) is 3.03. The first-order chi connectivity index (χ1) is 4.93. The highest BCUT2D eigenvalue weighted by atomic mass is 35.5. The van der Waals surface area contributed by atoms with Gasteiger partial charge >= 0.3 is 0 Å². The van der Waals surface area contributed by atoms with Gasteiger partial charge in [0.25, 0.3) is 0 Å². The molecule has 0 aromatic rings. The van der Waals surface area contributed by atoms with Crippen LogP contribution in [0.3, 0.4) is 0 Å². The topological polar surface area (TPSA) is 12.0 Å². The summed E-state index contributed by atoms with van der Waals surface area (Å²) < 4.78 is 0. The van der Waals surface area contributed by atoms with Crippen LogP contribution in [0.25, 0.3) is 0 Å². The average molecular weight is 162 g/mol. The second-order valence-corrected chi connectivity index (χ2v) is 3.29. The van der Waals surface area contributed by atoms with Gasteiger partial charge in [0.1, 0.15) is 0 Å². The van der Waals surface area contributed by atoms with Gasteiger partial charge in [-0.25, -0.2) is 0 Å². The fraction of sp³-hybridized carbons (Fsp3) is 1.00. The van der Waals surface area contributed by atoms with Crippen LogP contribution in [0.5, 0.6) is 0 Å². The molecule has 1 nitrogen and oxygen atoms in total. The van der Waals surface area contributed by atoms with Crippen LogP contribution in [0, 0.1) is 0 Å². The summed E-state index contributed by atoms with van der Waals surface area (Å²) in [6.07, 6.45) is 8.25. The van der Waals surface area contributed by atoms with Crippen molar-refractivity contribution in [1.29, 1.82) is 0 Å². The Kier molecular flexibility index (Phi) is 4.15. The summed E-state index contributed by atoms with van der Waals surface area (Å²) in [6.45, 7) is 0. The van der Waals surface area contributed by atoms with Gasteiger partial charge in [0.15, 0.2) is 0 Å². The highest BCUT2D eigenvalue weighted by molar-refractivity contribution is 6.17. The molecule has 1 rings (SSSR count). The van der Waals surface area contributed by atoms with Crippen LogP contribution < -0.4 is 5.32 Å². The van der Waals surface area contributed by atoms with Crippen LogP contribution >= 0.6 is 11.6 Å². The minimum Gasteiger partial charge on any atom is -0.301 e. The predicted octanol–water partition coefficient (Wildman–Crippen LogP) is 2.50. The van der Waals surface area contributed by atoms with Gasteiger partial charge in [0.2, 0.25) is 0 Å². The molecule has 10 heavy (non-hydrogen) atoms. The molecule has 1 aliphatic carbocycles. The van der Waals surface area contributed by atoms with Crippen molar-refractivity contribution in [2.45, 2.75) is 44.6 Å². The van der Waals surface area contributed by atoms with Crippen molar-refractivity contribution >= 4 is 11.6 Å². The largest absolute Gasteiger partial charge is 0.301 e. The fourth-order valence-corrected chi connectivity index (χ4v) is 1.81. The lowest BCUT2D eigenvalue weighted by Gasteiger charge is -2.12. The number of nitrogens with one attached hydrogen (secondary N) is 1. The molecule has 0 atom stereocenters. The maximum Gasteiger partial charge on any atom is 0.0715 e. The summed E-state index contributed by atoms with van der Waals surface area (Å²) >= 11 is 5.58. The van der Waals surface area contributed by atoms with Crippen molar-refractivity contribution < 1.29 is 0 Å². The lowest BCUT2D eigenvalue weighted by Crippen LogP contribution is -2.26. The Morgan fingerprint density at radius 3 is 2.20 bits per heavy atom. The van der Waals surface area contributed by atoms with Crippen LogP contribution in [-0.4, -0.2) is 12.0 Å². The number of hydrogen-bond acceptors (Lipinski definition) is 1. The van der Waals surface area contributed by atoms with Gasteiger partial charge in [-0.2, -0.15) is 0 Å². The molecule has 0 unspecified atom stereocenters. The molecule has 0 bridgehead atoms. The zero-order valence-electron chi connectivity index (χ0n) is 6.41. The van der Waals surface area contributed by atoms with E-state index in [4.69, 9.17) is 11.6 Å². The van der Waals surface area contributed by atoms with Gasteiger partial charge in [0, 0.05) is 6.04 Å². The van der Waals surface area contributed by atoms with Gasteiger partial charge < -0.3 is 5.32 Å². The Morgan fingerprint density at radius 2 is 1.70 bits per heavy atom.